The SMILES string of the molecule is c1ccc(-c2cccc(-c3cccc(-c4cc(-c5ccc6c(c5)oc5ccccc56)nc(-c5ccc6ccc7ccc8nn(-c9ccccc9)nc8c7c6c5)n4)c3)c2)cc1. The lowest BCUT2D eigenvalue weighted by Gasteiger charge is -2.12. The van der Waals surface area contributed by atoms with Crippen LogP contribution in [-0.2, 0) is 0 Å². The second-order valence-corrected chi connectivity index (χ2v) is 15.2. The van der Waals surface area contributed by atoms with Crippen LogP contribution in [-0.4, -0.2) is 25.0 Å². The van der Waals surface area contributed by atoms with Crippen LogP contribution in [0.1, 0.15) is 0 Å². The zero-order valence-electron chi connectivity index (χ0n) is 32.2. The third-order valence-corrected chi connectivity index (χ3v) is 11.5. The third-order valence-electron chi connectivity index (χ3n) is 11.5. The molecule has 0 aliphatic rings. The lowest BCUT2D eigenvalue weighted by Crippen LogP contribution is -1.97. The summed E-state index contributed by atoms with van der Waals surface area (Å²) in [7, 11) is 0. The van der Waals surface area contributed by atoms with E-state index < -0.39 is 0 Å². The normalized spacial score (nSPS) is 11.7. The van der Waals surface area contributed by atoms with E-state index in [1.54, 1.807) is 4.80 Å². The predicted octanol–water partition coefficient (Wildman–Crippen LogP) is 13.8. The van der Waals surface area contributed by atoms with Crippen molar-refractivity contribution >= 4 is 54.5 Å². The fourth-order valence-electron chi connectivity index (χ4n) is 8.46. The zero-order valence-corrected chi connectivity index (χ0v) is 32.2. The molecule has 3 heterocycles. The lowest BCUT2D eigenvalue weighted by molar-refractivity contribution is 0.669. The van der Waals surface area contributed by atoms with Crippen LogP contribution < -0.4 is 0 Å². The molecule has 9 aromatic carbocycles. The minimum absolute atomic E-state index is 0.627. The Morgan fingerprint density at radius 1 is 0.367 bits per heavy atom. The summed E-state index contributed by atoms with van der Waals surface area (Å²) < 4.78 is 6.35. The predicted molar refractivity (Wildman–Crippen MR) is 244 cm³/mol. The monoisotopic (exact) mass is 767 g/mol. The third kappa shape index (κ3) is 5.81. The second-order valence-electron chi connectivity index (χ2n) is 15.2. The van der Waals surface area contributed by atoms with Crippen LogP contribution in [0.2, 0.25) is 0 Å². The summed E-state index contributed by atoms with van der Waals surface area (Å²) >= 11 is 0. The number of fused-ring (bicyclic) bond motifs is 8. The van der Waals surface area contributed by atoms with Crippen LogP contribution in [0.5, 0.6) is 0 Å². The highest BCUT2D eigenvalue weighted by atomic mass is 16.3. The van der Waals surface area contributed by atoms with E-state index in [2.05, 4.69) is 140 Å². The summed E-state index contributed by atoms with van der Waals surface area (Å²) in [5, 5.41) is 16.4. The van der Waals surface area contributed by atoms with Gasteiger partial charge in [0, 0.05) is 32.8 Å². The van der Waals surface area contributed by atoms with Crippen molar-refractivity contribution in [2.45, 2.75) is 0 Å². The van der Waals surface area contributed by atoms with Gasteiger partial charge in [0.15, 0.2) is 5.82 Å². The van der Waals surface area contributed by atoms with Crippen LogP contribution in [0.4, 0.5) is 0 Å². The zero-order chi connectivity index (χ0) is 39.6. The van der Waals surface area contributed by atoms with E-state index >= 15 is 0 Å². The molecule has 0 radical (unpaired) electrons. The quantitative estimate of drug-likeness (QED) is 0.158. The van der Waals surface area contributed by atoms with Crippen LogP contribution in [0.15, 0.2) is 205 Å². The minimum Gasteiger partial charge on any atom is -0.456 e. The number of para-hydroxylation sites is 2. The largest absolute Gasteiger partial charge is 0.456 e. The van der Waals surface area contributed by atoms with Crippen LogP contribution in [0, 0.1) is 0 Å². The summed E-state index contributed by atoms with van der Waals surface area (Å²) in [5.74, 6) is 0.627. The van der Waals surface area contributed by atoms with Gasteiger partial charge in [-0.2, -0.15) is 4.80 Å². The number of nitrogens with zero attached hydrogens (tertiary/aromatic N) is 5. The second kappa shape index (κ2) is 13.7. The molecule has 6 nitrogen and oxygen atoms in total. The Kier molecular flexibility index (Phi) is 7.74. The van der Waals surface area contributed by atoms with E-state index in [1.807, 2.05) is 60.7 Å². The summed E-state index contributed by atoms with van der Waals surface area (Å²) in [6.45, 7) is 0. The molecule has 0 aliphatic heterocycles. The molecule has 0 aliphatic carbocycles. The molecule has 0 bridgehead atoms. The number of aromatic nitrogens is 5. The molecule has 0 unspecified atom stereocenters. The number of furan rings is 1. The van der Waals surface area contributed by atoms with Crippen LogP contribution in [0.3, 0.4) is 0 Å². The maximum absolute atomic E-state index is 6.35. The Morgan fingerprint density at radius 2 is 0.967 bits per heavy atom. The molecule has 12 rings (SSSR count). The van der Waals surface area contributed by atoms with E-state index in [4.69, 9.17) is 24.6 Å². The molecule has 3 aromatic heterocycles. The highest BCUT2D eigenvalue weighted by Crippen LogP contribution is 2.37. The molecule has 12 aromatic rings. The highest BCUT2D eigenvalue weighted by molar-refractivity contribution is 6.19. The van der Waals surface area contributed by atoms with Crippen LogP contribution >= 0.6 is 0 Å². The summed E-state index contributed by atoms with van der Waals surface area (Å²) in [5.41, 5.74) is 13.4. The van der Waals surface area contributed by atoms with Gasteiger partial charge in [-0.3, -0.25) is 0 Å². The smallest absolute Gasteiger partial charge is 0.160 e. The molecule has 0 fully saturated rings. The van der Waals surface area contributed by atoms with E-state index in [0.29, 0.717) is 5.82 Å². The first kappa shape index (κ1) is 33.9. The minimum atomic E-state index is 0.627. The molecular formula is C54H33N5O. The van der Waals surface area contributed by atoms with E-state index in [0.717, 1.165) is 99.4 Å². The Balaban J connectivity index is 1.03. The Bertz CT molecular complexity index is 3610. The topological polar surface area (TPSA) is 69.6 Å². The summed E-state index contributed by atoms with van der Waals surface area (Å²) in [6, 6.07) is 69.4. The molecule has 0 saturated heterocycles. The summed E-state index contributed by atoms with van der Waals surface area (Å²) in [6.07, 6.45) is 0. The van der Waals surface area contributed by atoms with Gasteiger partial charge >= 0.3 is 0 Å². The van der Waals surface area contributed by atoms with Crippen molar-refractivity contribution in [3.63, 3.8) is 0 Å². The van der Waals surface area contributed by atoms with Crippen molar-refractivity contribution in [2.24, 2.45) is 0 Å². The molecule has 280 valence electrons. The maximum Gasteiger partial charge on any atom is 0.160 e. The molecule has 0 spiro atoms. The van der Waals surface area contributed by atoms with Crippen LogP contribution in [0.25, 0.3) is 116 Å². The van der Waals surface area contributed by atoms with E-state index in [9.17, 15) is 0 Å². The lowest BCUT2D eigenvalue weighted by atomic mass is 9.97. The van der Waals surface area contributed by atoms with Crippen molar-refractivity contribution in [3.8, 4) is 61.8 Å². The Labute approximate surface area is 344 Å². The molecule has 0 saturated carbocycles. The standard InChI is InChI=1S/C54H33N5O/c1-3-11-34(12-4-1)37-13-9-14-38(29-37)39-15-10-16-40(30-39)48-33-49(41-25-27-45-44-19-7-8-20-50(44)60-51(45)32-41)56-54(55-48)42-24-22-35-21-23-36-26-28-47-53(52(36)46(35)31-42)58-59(57-47)43-17-5-2-6-18-43/h1-33H. The van der Waals surface area contributed by atoms with Crippen molar-refractivity contribution < 1.29 is 4.42 Å². The van der Waals surface area contributed by atoms with Gasteiger partial charge in [0.1, 0.15) is 22.2 Å². The number of benzene rings is 9. The van der Waals surface area contributed by atoms with Gasteiger partial charge in [-0.1, -0.05) is 140 Å². The summed E-state index contributed by atoms with van der Waals surface area (Å²) in [4.78, 5) is 12.3. The van der Waals surface area contributed by atoms with E-state index in [1.165, 1.54) is 11.1 Å². The molecule has 0 N–H and O–H groups in total. The van der Waals surface area contributed by atoms with Gasteiger partial charge in [-0.05, 0) is 99.1 Å². The van der Waals surface area contributed by atoms with Gasteiger partial charge in [-0.25, -0.2) is 9.97 Å². The first-order valence-corrected chi connectivity index (χ1v) is 20.0. The van der Waals surface area contributed by atoms with Gasteiger partial charge in [0.05, 0.1) is 17.1 Å². The van der Waals surface area contributed by atoms with Gasteiger partial charge in [0.2, 0.25) is 0 Å². The number of rotatable bonds is 6. The molecular weight excluding hydrogens is 735 g/mol. The van der Waals surface area contributed by atoms with Crippen molar-refractivity contribution in [1.82, 2.24) is 25.0 Å². The number of hydrogen-bond acceptors (Lipinski definition) is 5. The highest BCUT2D eigenvalue weighted by Gasteiger charge is 2.17. The molecule has 0 atom stereocenters. The first-order valence-electron chi connectivity index (χ1n) is 20.0. The Hall–Kier alpha value is -8.22. The maximum atomic E-state index is 6.35. The van der Waals surface area contributed by atoms with Gasteiger partial charge in [-0.15, -0.1) is 10.2 Å². The molecule has 6 heteroatoms. The van der Waals surface area contributed by atoms with E-state index in [-0.39, 0.29) is 0 Å². The Morgan fingerprint density at radius 3 is 1.78 bits per heavy atom. The number of hydrogen-bond donors (Lipinski definition) is 0. The van der Waals surface area contributed by atoms with Crippen molar-refractivity contribution in [2.75, 3.05) is 0 Å². The van der Waals surface area contributed by atoms with Crippen molar-refractivity contribution in [1.29, 1.82) is 0 Å². The fourth-order valence-corrected chi connectivity index (χ4v) is 8.46. The van der Waals surface area contributed by atoms with Gasteiger partial charge < -0.3 is 4.42 Å². The molecule has 60 heavy (non-hydrogen) atoms. The van der Waals surface area contributed by atoms with Gasteiger partial charge in [0.25, 0.3) is 0 Å². The average Bonchev–Trinajstić information content (AvgIpc) is 3.94. The molecule has 0 amide bonds. The fraction of sp³-hybridized carbons (Fsp3) is 0. The first-order chi connectivity index (χ1) is 29.7. The van der Waals surface area contributed by atoms with Crippen molar-refractivity contribution in [3.05, 3.63) is 200 Å². The average molecular weight is 768 g/mol.